The van der Waals surface area contributed by atoms with Crippen molar-refractivity contribution in [3.05, 3.63) is 18.0 Å². The van der Waals surface area contributed by atoms with E-state index in [0.717, 1.165) is 22.4 Å². The van der Waals surface area contributed by atoms with Crippen molar-refractivity contribution in [2.75, 3.05) is 5.32 Å². The molecule has 1 aliphatic rings. The van der Waals surface area contributed by atoms with Gasteiger partial charge in [0.2, 0.25) is 0 Å². The van der Waals surface area contributed by atoms with Crippen molar-refractivity contribution in [2.24, 2.45) is 12.5 Å². The first-order valence-corrected chi connectivity index (χ1v) is 7.50. The zero-order chi connectivity index (χ0) is 14.3. The van der Waals surface area contributed by atoms with E-state index in [2.05, 4.69) is 35.3 Å². The van der Waals surface area contributed by atoms with Crippen LogP contribution in [0.25, 0.3) is 11.0 Å². The Morgan fingerprint density at radius 2 is 2.20 bits per heavy atom. The van der Waals surface area contributed by atoms with E-state index in [1.54, 1.807) is 0 Å². The molecule has 2 aromatic heterocycles. The Bertz CT molecular complexity index is 627. The zero-order valence-electron chi connectivity index (χ0n) is 12.9. The molecule has 1 atom stereocenters. The molecule has 108 valence electrons. The average molecular weight is 272 g/mol. The molecule has 3 rings (SSSR count). The summed E-state index contributed by atoms with van der Waals surface area (Å²) in [6, 6.07) is 2.75. The lowest BCUT2D eigenvalue weighted by Crippen LogP contribution is -2.31. The molecule has 1 saturated carbocycles. The highest BCUT2D eigenvalue weighted by atomic mass is 15.3. The minimum Gasteiger partial charge on any atom is -0.381 e. The first-order valence-electron chi connectivity index (χ1n) is 7.50. The summed E-state index contributed by atoms with van der Waals surface area (Å²) in [5.74, 6) is 0. The predicted molar refractivity (Wildman–Crippen MR) is 82.9 cm³/mol. The van der Waals surface area contributed by atoms with Gasteiger partial charge in [0.15, 0.2) is 5.65 Å². The van der Waals surface area contributed by atoms with Gasteiger partial charge in [-0.15, -0.1) is 0 Å². The molecule has 0 saturated heterocycles. The molecule has 20 heavy (non-hydrogen) atoms. The molecule has 0 amide bonds. The molecule has 1 fully saturated rings. The fraction of sp³-hybridized carbons (Fsp3) is 0.625. The SMILES string of the molecule is Cc1nn(C)c2ncc(NC3CCCC(C)(C)C3)cc12. The fourth-order valence-corrected chi connectivity index (χ4v) is 3.44. The van der Waals surface area contributed by atoms with Gasteiger partial charge < -0.3 is 5.32 Å². The molecule has 1 aliphatic carbocycles. The molecule has 0 radical (unpaired) electrons. The minimum atomic E-state index is 0.456. The van der Waals surface area contributed by atoms with Gasteiger partial charge in [-0.25, -0.2) is 4.98 Å². The molecular formula is C16H24N4. The molecule has 1 unspecified atom stereocenters. The second-order valence-electron chi connectivity index (χ2n) is 6.91. The minimum absolute atomic E-state index is 0.456. The first kappa shape index (κ1) is 13.4. The molecule has 4 nitrogen and oxygen atoms in total. The third-order valence-electron chi connectivity index (χ3n) is 4.44. The van der Waals surface area contributed by atoms with Crippen LogP contribution in [0.5, 0.6) is 0 Å². The van der Waals surface area contributed by atoms with Crippen LogP contribution in [0.4, 0.5) is 5.69 Å². The molecule has 1 N–H and O–H groups in total. The summed E-state index contributed by atoms with van der Waals surface area (Å²) in [5, 5.41) is 9.24. The molecule has 2 heterocycles. The van der Waals surface area contributed by atoms with Gasteiger partial charge in [0.25, 0.3) is 0 Å². The second-order valence-corrected chi connectivity index (χ2v) is 6.91. The lowest BCUT2D eigenvalue weighted by Gasteiger charge is -2.36. The quantitative estimate of drug-likeness (QED) is 0.907. The van der Waals surface area contributed by atoms with Gasteiger partial charge in [0.1, 0.15) is 0 Å². The van der Waals surface area contributed by atoms with E-state index in [4.69, 9.17) is 0 Å². The number of anilines is 1. The second kappa shape index (κ2) is 4.76. The summed E-state index contributed by atoms with van der Waals surface area (Å²) in [5.41, 5.74) is 3.58. The van der Waals surface area contributed by atoms with E-state index in [0.29, 0.717) is 11.5 Å². The highest BCUT2D eigenvalue weighted by Crippen LogP contribution is 2.36. The van der Waals surface area contributed by atoms with E-state index in [1.165, 1.54) is 25.7 Å². The topological polar surface area (TPSA) is 42.7 Å². The molecule has 0 bridgehead atoms. The maximum absolute atomic E-state index is 4.54. The Hall–Kier alpha value is -1.58. The van der Waals surface area contributed by atoms with Crippen LogP contribution in [0.15, 0.2) is 12.3 Å². The average Bonchev–Trinajstić information content (AvgIpc) is 2.63. The number of hydrogen-bond donors (Lipinski definition) is 1. The van der Waals surface area contributed by atoms with E-state index < -0.39 is 0 Å². The van der Waals surface area contributed by atoms with Crippen LogP contribution in [0.2, 0.25) is 0 Å². The number of hydrogen-bond acceptors (Lipinski definition) is 3. The molecule has 0 aliphatic heterocycles. The van der Waals surface area contributed by atoms with Gasteiger partial charge in [-0.2, -0.15) is 5.10 Å². The third-order valence-corrected chi connectivity index (χ3v) is 4.44. The lowest BCUT2D eigenvalue weighted by atomic mass is 9.75. The molecule has 2 aromatic rings. The monoisotopic (exact) mass is 272 g/mol. The smallest absolute Gasteiger partial charge is 0.157 e. The number of aromatic nitrogens is 3. The van der Waals surface area contributed by atoms with Crippen LogP contribution in [0.3, 0.4) is 0 Å². The van der Waals surface area contributed by atoms with Gasteiger partial charge in [-0.3, -0.25) is 4.68 Å². The number of pyridine rings is 1. The lowest BCUT2D eigenvalue weighted by molar-refractivity contribution is 0.229. The van der Waals surface area contributed by atoms with Crippen molar-refractivity contribution in [2.45, 2.75) is 52.5 Å². The Morgan fingerprint density at radius 3 is 2.95 bits per heavy atom. The normalized spacial score (nSPS) is 22.1. The summed E-state index contributed by atoms with van der Waals surface area (Å²) in [7, 11) is 1.94. The highest BCUT2D eigenvalue weighted by Gasteiger charge is 2.27. The largest absolute Gasteiger partial charge is 0.381 e. The molecule has 0 spiro atoms. The van der Waals surface area contributed by atoms with Crippen molar-refractivity contribution in [1.82, 2.24) is 14.8 Å². The number of aryl methyl sites for hydroxylation is 2. The standard InChI is InChI=1S/C16H24N4/c1-11-14-8-13(10-17-15(14)20(4)19-11)18-12-6-5-7-16(2,3)9-12/h8,10,12,18H,5-7,9H2,1-4H3. The van der Waals surface area contributed by atoms with E-state index in [-0.39, 0.29) is 0 Å². The predicted octanol–water partition coefficient (Wildman–Crippen LogP) is 3.66. The number of nitrogens with zero attached hydrogens (tertiary/aromatic N) is 3. The van der Waals surface area contributed by atoms with Gasteiger partial charge >= 0.3 is 0 Å². The van der Waals surface area contributed by atoms with Crippen molar-refractivity contribution in [1.29, 1.82) is 0 Å². The van der Waals surface area contributed by atoms with Crippen molar-refractivity contribution in [3.63, 3.8) is 0 Å². The summed E-state index contributed by atoms with van der Waals surface area (Å²) in [6.07, 6.45) is 7.08. The Balaban J connectivity index is 1.82. The number of fused-ring (bicyclic) bond motifs is 1. The van der Waals surface area contributed by atoms with Gasteiger partial charge in [0, 0.05) is 18.5 Å². The van der Waals surface area contributed by atoms with Crippen LogP contribution in [-0.4, -0.2) is 20.8 Å². The summed E-state index contributed by atoms with van der Waals surface area (Å²) in [4.78, 5) is 4.54. The van der Waals surface area contributed by atoms with E-state index in [9.17, 15) is 0 Å². The van der Waals surface area contributed by atoms with E-state index in [1.807, 2.05) is 24.9 Å². The fourth-order valence-electron chi connectivity index (χ4n) is 3.44. The van der Waals surface area contributed by atoms with Crippen LogP contribution in [0, 0.1) is 12.3 Å². The third kappa shape index (κ3) is 2.51. The van der Waals surface area contributed by atoms with Crippen LogP contribution >= 0.6 is 0 Å². The van der Waals surface area contributed by atoms with Gasteiger partial charge in [-0.05, 0) is 37.7 Å². The number of rotatable bonds is 2. The highest BCUT2D eigenvalue weighted by molar-refractivity contribution is 5.81. The van der Waals surface area contributed by atoms with E-state index >= 15 is 0 Å². The summed E-state index contributed by atoms with van der Waals surface area (Å²) in [6.45, 7) is 6.78. The van der Waals surface area contributed by atoms with Crippen molar-refractivity contribution < 1.29 is 0 Å². The summed E-state index contributed by atoms with van der Waals surface area (Å²) >= 11 is 0. The van der Waals surface area contributed by atoms with Gasteiger partial charge in [-0.1, -0.05) is 20.3 Å². The Kier molecular flexibility index (Phi) is 3.19. The Labute approximate surface area is 120 Å². The molecule has 4 heteroatoms. The molecule has 0 aromatic carbocycles. The first-order chi connectivity index (χ1) is 9.44. The zero-order valence-corrected chi connectivity index (χ0v) is 12.9. The maximum Gasteiger partial charge on any atom is 0.157 e. The molecular weight excluding hydrogens is 248 g/mol. The van der Waals surface area contributed by atoms with Crippen molar-refractivity contribution >= 4 is 16.7 Å². The van der Waals surface area contributed by atoms with Crippen LogP contribution < -0.4 is 5.32 Å². The van der Waals surface area contributed by atoms with Crippen LogP contribution in [0.1, 0.15) is 45.2 Å². The van der Waals surface area contributed by atoms with Crippen molar-refractivity contribution in [3.8, 4) is 0 Å². The number of nitrogens with one attached hydrogen (secondary N) is 1. The van der Waals surface area contributed by atoms with Crippen LogP contribution in [-0.2, 0) is 7.05 Å². The Morgan fingerprint density at radius 1 is 1.40 bits per heavy atom. The van der Waals surface area contributed by atoms with Gasteiger partial charge in [0.05, 0.1) is 17.6 Å². The maximum atomic E-state index is 4.54. The summed E-state index contributed by atoms with van der Waals surface area (Å²) < 4.78 is 1.85.